The van der Waals surface area contributed by atoms with E-state index in [4.69, 9.17) is 37.0 Å². The second-order valence-corrected chi connectivity index (χ2v) is 30.5. The largest absolute Gasteiger partial charge is 0.472 e. The summed E-state index contributed by atoms with van der Waals surface area (Å²) >= 11 is 0. The zero-order valence-electron chi connectivity index (χ0n) is 67.7. The third kappa shape index (κ3) is 79.0. The van der Waals surface area contributed by atoms with Gasteiger partial charge in [-0.25, -0.2) is 9.13 Å². The van der Waals surface area contributed by atoms with Crippen molar-refractivity contribution in [1.29, 1.82) is 0 Å². The van der Waals surface area contributed by atoms with Crippen molar-refractivity contribution >= 4 is 39.5 Å². The van der Waals surface area contributed by atoms with E-state index in [1.165, 1.54) is 0 Å². The van der Waals surface area contributed by atoms with Crippen LogP contribution in [-0.2, 0) is 65.4 Å². The summed E-state index contributed by atoms with van der Waals surface area (Å²) in [5.41, 5.74) is 0. The molecular weight excluding hydrogens is 1400 g/mol. The Kier molecular flexibility index (Phi) is 76.3. The summed E-state index contributed by atoms with van der Waals surface area (Å²) in [5, 5.41) is 10.7. The lowest BCUT2D eigenvalue weighted by Crippen LogP contribution is -2.30. The molecule has 0 aliphatic carbocycles. The van der Waals surface area contributed by atoms with E-state index in [1.54, 1.807) is 0 Å². The molecule has 0 saturated heterocycles. The summed E-state index contributed by atoms with van der Waals surface area (Å²) in [6.45, 7) is 4.43. The lowest BCUT2D eigenvalue weighted by atomic mass is 10.1. The molecule has 0 aromatic carbocycles. The fourth-order valence-corrected chi connectivity index (χ4v) is 12.6. The van der Waals surface area contributed by atoms with E-state index in [2.05, 4.69) is 174 Å². The number of ether oxygens (including phenoxy) is 4. The molecule has 0 heterocycles. The van der Waals surface area contributed by atoms with Crippen molar-refractivity contribution in [3.05, 3.63) is 146 Å². The van der Waals surface area contributed by atoms with Crippen molar-refractivity contribution in [2.45, 2.75) is 354 Å². The highest BCUT2D eigenvalue weighted by Gasteiger charge is 2.30. The maximum Gasteiger partial charge on any atom is 0.472 e. The Bertz CT molecular complexity index is 2440. The van der Waals surface area contributed by atoms with Crippen molar-refractivity contribution in [3.8, 4) is 0 Å². The number of unbranched alkanes of at least 4 members (excludes halogenated alkanes) is 28. The number of esters is 4. The van der Waals surface area contributed by atoms with Gasteiger partial charge in [-0.1, -0.05) is 302 Å². The number of rotatable bonds is 78. The first-order valence-corrected chi connectivity index (χ1v) is 45.1. The first-order chi connectivity index (χ1) is 52.7. The van der Waals surface area contributed by atoms with E-state index < -0.39 is 97.5 Å². The van der Waals surface area contributed by atoms with Crippen LogP contribution in [0.1, 0.15) is 336 Å². The second-order valence-electron chi connectivity index (χ2n) is 27.6. The first kappa shape index (κ1) is 103. The summed E-state index contributed by atoms with van der Waals surface area (Å²) in [6.07, 6.45) is 92.3. The summed E-state index contributed by atoms with van der Waals surface area (Å²) < 4.78 is 68.8. The number of allylic oxidation sites excluding steroid dienone is 24. The summed E-state index contributed by atoms with van der Waals surface area (Å²) in [7, 11) is -9.98. The predicted molar refractivity (Wildman–Crippen MR) is 445 cm³/mol. The number of phosphoric ester groups is 2. The maximum absolute atomic E-state index is 13.1. The topological polar surface area (TPSA) is 237 Å². The standard InChI is InChI=1S/C89H150O17P2/c1-5-9-13-17-21-25-29-33-37-41-45-49-53-57-61-65-69-73-86(91)99-79-84(105-88(93)75-71-67-63-59-55-51-47-43-39-35-31-27-23-19-15-11-7-3)81-103-107(95,96)101-77-83(90)78-102-108(97,98)104-82-85(106-89(94)76-72-68-64-60-56-52-48-44-40-36-32-28-24-20-16-12-8-4)80-100-87(92)74-70-66-62-58-54-50-46-42-38-34-30-26-22-18-14-10-6-2/h9-16,21-28,33-40,83-85,90H,5-8,17-20,29-32,41-82H2,1-4H3,(H,95,96)(H,97,98)/b13-9-,14-10-,15-11-,16-12-,25-21-,26-22-,27-23-,28-24-,37-33-,38-34-,39-35-,40-36-. The molecule has 108 heavy (non-hydrogen) atoms. The molecule has 19 heteroatoms. The molecule has 4 atom stereocenters. The van der Waals surface area contributed by atoms with Gasteiger partial charge in [0, 0.05) is 25.7 Å². The Morgan fingerprint density at radius 3 is 0.694 bits per heavy atom. The van der Waals surface area contributed by atoms with Crippen molar-refractivity contribution < 1.29 is 80.2 Å². The lowest BCUT2D eigenvalue weighted by Gasteiger charge is -2.21. The highest BCUT2D eigenvalue weighted by atomic mass is 31.2. The normalized spacial score (nSPS) is 14.5. The average Bonchev–Trinajstić information content (AvgIpc) is 0.880. The van der Waals surface area contributed by atoms with E-state index in [-0.39, 0.29) is 25.7 Å². The van der Waals surface area contributed by atoms with Gasteiger partial charge in [0.1, 0.15) is 19.3 Å². The molecule has 0 aliphatic heterocycles. The molecule has 17 nitrogen and oxygen atoms in total. The minimum absolute atomic E-state index is 0.0781. The van der Waals surface area contributed by atoms with Crippen LogP contribution in [0.5, 0.6) is 0 Å². The lowest BCUT2D eigenvalue weighted by molar-refractivity contribution is -0.161. The Balaban J connectivity index is 5.41. The Hall–Kier alpha value is -5.06. The van der Waals surface area contributed by atoms with Gasteiger partial charge in [-0.2, -0.15) is 0 Å². The first-order valence-electron chi connectivity index (χ1n) is 42.1. The highest BCUT2D eigenvalue weighted by molar-refractivity contribution is 7.47. The molecule has 0 bridgehead atoms. The molecule has 618 valence electrons. The van der Waals surface area contributed by atoms with Gasteiger partial charge >= 0.3 is 39.5 Å². The molecule has 0 spiro atoms. The second kappa shape index (κ2) is 80.0. The number of hydrogen-bond acceptors (Lipinski definition) is 15. The van der Waals surface area contributed by atoms with Gasteiger partial charge in [0.25, 0.3) is 0 Å². The van der Waals surface area contributed by atoms with E-state index in [0.717, 1.165) is 257 Å². The number of carbonyl (C=O) groups is 4. The molecule has 0 aliphatic rings. The van der Waals surface area contributed by atoms with Crippen LogP contribution in [0.2, 0.25) is 0 Å². The minimum atomic E-state index is -4.99. The molecule has 0 saturated carbocycles. The van der Waals surface area contributed by atoms with Gasteiger partial charge in [0.05, 0.1) is 26.4 Å². The molecule has 0 aromatic heterocycles. The van der Waals surface area contributed by atoms with Crippen LogP contribution in [0.15, 0.2) is 146 Å². The Morgan fingerprint density at radius 2 is 0.454 bits per heavy atom. The van der Waals surface area contributed by atoms with Crippen LogP contribution < -0.4 is 0 Å². The van der Waals surface area contributed by atoms with Crippen LogP contribution in [0.4, 0.5) is 0 Å². The van der Waals surface area contributed by atoms with Crippen LogP contribution in [-0.4, -0.2) is 96.7 Å². The van der Waals surface area contributed by atoms with Crippen LogP contribution in [0, 0.1) is 0 Å². The number of phosphoric acid groups is 2. The zero-order chi connectivity index (χ0) is 78.9. The molecular formula is C89H150O17P2. The smallest absolute Gasteiger partial charge is 0.462 e. The molecule has 0 aromatic rings. The van der Waals surface area contributed by atoms with Crippen molar-refractivity contribution in [2.24, 2.45) is 0 Å². The summed E-state index contributed by atoms with van der Waals surface area (Å²) in [5.74, 6) is -2.21. The number of aliphatic hydroxyl groups excluding tert-OH is 1. The zero-order valence-corrected chi connectivity index (χ0v) is 69.5. The molecule has 4 unspecified atom stereocenters. The van der Waals surface area contributed by atoms with Gasteiger partial charge < -0.3 is 33.8 Å². The Labute approximate surface area is 656 Å². The van der Waals surface area contributed by atoms with Gasteiger partial charge in [-0.15, -0.1) is 0 Å². The SMILES string of the molecule is CC/C=C\C/C=C\C/C=C\CCCCCCCCCC(=O)OCC(COP(=O)(O)OCC(O)COP(=O)(O)OCC(COC(=O)CCCCCCCCC/C=C\C/C=C\C/C=C\CC)OC(=O)CCCCCCCCC/C=C\C/C=C\C/C=C\CC)OC(=O)CCCCCCCCC/C=C\C/C=C\C/C=C\CC. The van der Waals surface area contributed by atoms with E-state index in [9.17, 15) is 43.2 Å². The fraction of sp³-hybridized carbons (Fsp3) is 0.685. The predicted octanol–water partition coefficient (Wildman–Crippen LogP) is 25.0. The number of hydrogen-bond donors (Lipinski definition) is 3. The number of aliphatic hydroxyl groups is 1. The monoisotopic (exact) mass is 1550 g/mol. The van der Waals surface area contributed by atoms with E-state index >= 15 is 0 Å². The Morgan fingerprint density at radius 1 is 0.259 bits per heavy atom. The van der Waals surface area contributed by atoms with Gasteiger partial charge in [0.2, 0.25) is 0 Å². The third-order valence-corrected chi connectivity index (χ3v) is 19.2. The van der Waals surface area contributed by atoms with E-state index in [0.29, 0.717) is 25.7 Å². The van der Waals surface area contributed by atoms with Crippen LogP contribution >= 0.6 is 15.6 Å². The molecule has 0 radical (unpaired) electrons. The maximum atomic E-state index is 13.1. The number of carbonyl (C=O) groups excluding carboxylic acids is 4. The summed E-state index contributed by atoms with van der Waals surface area (Å²) in [4.78, 5) is 73.3. The van der Waals surface area contributed by atoms with E-state index in [1.807, 2.05) is 0 Å². The van der Waals surface area contributed by atoms with Crippen molar-refractivity contribution in [3.63, 3.8) is 0 Å². The highest BCUT2D eigenvalue weighted by Crippen LogP contribution is 2.45. The van der Waals surface area contributed by atoms with Gasteiger partial charge in [0.15, 0.2) is 12.2 Å². The van der Waals surface area contributed by atoms with Gasteiger partial charge in [-0.3, -0.25) is 37.3 Å². The van der Waals surface area contributed by atoms with Crippen LogP contribution in [0.3, 0.4) is 0 Å². The molecule has 0 amide bonds. The van der Waals surface area contributed by atoms with Crippen molar-refractivity contribution in [2.75, 3.05) is 39.6 Å². The third-order valence-electron chi connectivity index (χ3n) is 17.3. The van der Waals surface area contributed by atoms with Crippen molar-refractivity contribution in [1.82, 2.24) is 0 Å². The summed E-state index contributed by atoms with van der Waals surface area (Å²) in [6, 6.07) is 0. The molecule has 0 rings (SSSR count). The average molecular weight is 1550 g/mol. The quantitative estimate of drug-likeness (QED) is 0.0169. The van der Waals surface area contributed by atoms with Gasteiger partial charge in [-0.05, 0) is 154 Å². The molecule has 3 N–H and O–H groups in total. The van der Waals surface area contributed by atoms with Crippen LogP contribution in [0.25, 0.3) is 0 Å². The fourth-order valence-electron chi connectivity index (χ4n) is 11.0. The molecule has 0 fully saturated rings. The minimum Gasteiger partial charge on any atom is -0.462 e.